The van der Waals surface area contributed by atoms with E-state index in [1.54, 1.807) is 43.5 Å². The van der Waals surface area contributed by atoms with Crippen LogP contribution in [0.15, 0.2) is 53.4 Å². The van der Waals surface area contributed by atoms with Crippen LogP contribution in [0, 0.1) is 11.7 Å². The zero-order valence-electron chi connectivity index (χ0n) is 17.8. The van der Waals surface area contributed by atoms with Gasteiger partial charge < -0.3 is 10.1 Å². The van der Waals surface area contributed by atoms with Gasteiger partial charge in [-0.15, -0.1) is 0 Å². The van der Waals surface area contributed by atoms with E-state index in [0.29, 0.717) is 32.3 Å². The largest absolute Gasteiger partial charge is 0.380 e. The van der Waals surface area contributed by atoms with Crippen LogP contribution in [0.5, 0.6) is 0 Å². The molecule has 0 aromatic heterocycles. The number of methoxy groups -OCH3 is 1. The fraction of sp³-hybridized carbons (Fsp3) is 0.435. The predicted molar refractivity (Wildman–Crippen MR) is 116 cm³/mol. The van der Waals surface area contributed by atoms with Crippen molar-refractivity contribution >= 4 is 15.9 Å². The Morgan fingerprint density at radius 1 is 1.06 bits per heavy atom. The van der Waals surface area contributed by atoms with Gasteiger partial charge in [-0.2, -0.15) is 0 Å². The first kappa shape index (κ1) is 23.4. The summed E-state index contributed by atoms with van der Waals surface area (Å²) >= 11 is 0. The fourth-order valence-corrected chi connectivity index (χ4v) is 5.16. The van der Waals surface area contributed by atoms with Crippen LogP contribution in [0.2, 0.25) is 0 Å². The molecular formula is C23H29FN2O4S. The van der Waals surface area contributed by atoms with Crippen LogP contribution in [0.25, 0.3) is 0 Å². The maximum absolute atomic E-state index is 13.1. The van der Waals surface area contributed by atoms with Crippen molar-refractivity contribution in [3.8, 4) is 0 Å². The Hall–Kier alpha value is -2.29. The first-order chi connectivity index (χ1) is 14.8. The molecule has 0 heterocycles. The van der Waals surface area contributed by atoms with E-state index in [2.05, 4.69) is 10.0 Å². The van der Waals surface area contributed by atoms with Crippen molar-refractivity contribution in [2.75, 3.05) is 7.11 Å². The number of ether oxygens (including phenoxy) is 1. The summed E-state index contributed by atoms with van der Waals surface area (Å²) in [6, 6.07) is 12.3. The van der Waals surface area contributed by atoms with Crippen molar-refractivity contribution in [3.63, 3.8) is 0 Å². The van der Waals surface area contributed by atoms with Gasteiger partial charge in [-0.3, -0.25) is 4.79 Å². The molecule has 2 aromatic rings. The molecule has 1 aliphatic rings. The second-order valence-electron chi connectivity index (χ2n) is 8.03. The summed E-state index contributed by atoms with van der Waals surface area (Å²) in [5.41, 5.74) is 1.75. The van der Waals surface area contributed by atoms with Gasteiger partial charge in [-0.1, -0.05) is 24.3 Å². The van der Waals surface area contributed by atoms with Gasteiger partial charge in [0.1, 0.15) is 5.82 Å². The van der Waals surface area contributed by atoms with Gasteiger partial charge >= 0.3 is 0 Å². The van der Waals surface area contributed by atoms with E-state index >= 15 is 0 Å². The average molecular weight is 449 g/mol. The molecule has 1 fully saturated rings. The summed E-state index contributed by atoms with van der Waals surface area (Å²) in [6.07, 6.45) is 2.43. The maximum atomic E-state index is 13.1. The van der Waals surface area contributed by atoms with Crippen LogP contribution in [0.1, 0.15) is 49.8 Å². The second kappa shape index (κ2) is 10.3. The summed E-state index contributed by atoms with van der Waals surface area (Å²) in [7, 11) is -2.02. The van der Waals surface area contributed by atoms with Crippen LogP contribution in [0.3, 0.4) is 0 Å². The Balaban J connectivity index is 1.50. The molecule has 2 N–H and O–H groups in total. The highest BCUT2D eigenvalue weighted by atomic mass is 32.2. The lowest BCUT2D eigenvalue weighted by Gasteiger charge is -2.29. The number of benzene rings is 2. The number of sulfonamides is 1. The second-order valence-corrected chi connectivity index (χ2v) is 9.74. The lowest BCUT2D eigenvalue weighted by atomic mass is 9.85. The number of hydrogen-bond acceptors (Lipinski definition) is 4. The molecule has 1 amide bonds. The molecule has 6 nitrogen and oxygen atoms in total. The predicted octanol–water partition coefficient (Wildman–Crippen LogP) is 3.69. The van der Waals surface area contributed by atoms with E-state index < -0.39 is 10.0 Å². The molecule has 0 bridgehead atoms. The molecule has 2 aromatic carbocycles. The third kappa shape index (κ3) is 6.35. The monoisotopic (exact) mass is 448 g/mol. The van der Waals surface area contributed by atoms with Crippen LogP contribution in [-0.2, 0) is 26.2 Å². The highest BCUT2D eigenvalue weighted by Gasteiger charge is 2.29. The topological polar surface area (TPSA) is 84.5 Å². The maximum Gasteiger partial charge on any atom is 0.240 e. The number of amides is 1. The molecule has 3 rings (SSSR count). The van der Waals surface area contributed by atoms with E-state index in [1.807, 2.05) is 6.92 Å². The van der Waals surface area contributed by atoms with Gasteiger partial charge in [0.15, 0.2) is 0 Å². The molecule has 1 atom stereocenters. The minimum absolute atomic E-state index is 0.0492. The van der Waals surface area contributed by atoms with Gasteiger partial charge in [0.25, 0.3) is 0 Å². The Kier molecular flexibility index (Phi) is 7.80. The summed E-state index contributed by atoms with van der Waals surface area (Å²) in [6.45, 7) is 2.29. The van der Waals surface area contributed by atoms with Crippen molar-refractivity contribution in [1.29, 1.82) is 0 Å². The van der Waals surface area contributed by atoms with Gasteiger partial charge in [-0.05, 0) is 68.0 Å². The Morgan fingerprint density at radius 2 is 1.68 bits per heavy atom. The Labute approximate surface area is 183 Å². The number of halogens is 1. The van der Waals surface area contributed by atoms with E-state index in [1.165, 1.54) is 12.1 Å². The fourth-order valence-electron chi connectivity index (χ4n) is 3.86. The average Bonchev–Trinajstić information content (AvgIpc) is 2.75. The van der Waals surface area contributed by atoms with Crippen LogP contribution in [0.4, 0.5) is 4.39 Å². The van der Waals surface area contributed by atoms with Crippen molar-refractivity contribution in [3.05, 3.63) is 65.5 Å². The minimum atomic E-state index is -3.61. The lowest BCUT2D eigenvalue weighted by molar-refractivity contribution is -0.126. The van der Waals surface area contributed by atoms with E-state index in [-0.39, 0.29) is 34.6 Å². The third-order valence-electron chi connectivity index (χ3n) is 5.69. The highest BCUT2D eigenvalue weighted by Crippen LogP contribution is 2.27. The summed E-state index contributed by atoms with van der Waals surface area (Å²) in [5, 5.41) is 2.98. The van der Waals surface area contributed by atoms with Crippen LogP contribution in [-0.4, -0.2) is 27.5 Å². The zero-order valence-corrected chi connectivity index (χ0v) is 18.6. The van der Waals surface area contributed by atoms with Gasteiger partial charge in [0.05, 0.1) is 17.5 Å². The smallest absolute Gasteiger partial charge is 0.240 e. The molecule has 1 saturated carbocycles. The quantitative estimate of drug-likeness (QED) is 0.645. The molecule has 0 aliphatic heterocycles. The Bertz CT molecular complexity index is 970. The molecule has 0 radical (unpaired) electrons. The number of rotatable bonds is 8. The van der Waals surface area contributed by atoms with Crippen molar-refractivity contribution < 1.29 is 22.3 Å². The Morgan fingerprint density at radius 3 is 2.26 bits per heavy atom. The number of hydrogen-bond donors (Lipinski definition) is 2. The first-order valence-corrected chi connectivity index (χ1v) is 11.9. The SMILES string of the molecule is COCc1ccc(S(=O)(=O)NC2CCC(C(=O)N[C@H](C)c3ccc(F)cc3)CC2)cc1. The van der Waals surface area contributed by atoms with Gasteiger partial charge in [0.2, 0.25) is 15.9 Å². The van der Waals surface area contributed by atoms with Gasteiger partial charge in [-0.25, -0.2) is 17.5 Å². The summed E-state index contributed by atoms with van der Waals surface area (Å²) in [4.78, 5) is 12.8. The van der Waals surface area contributed by atoms with Gasteiger partial charge in [0, 0.05) is 19.1 Å². The molecule has 0 saturated heterocycles. The number of nitrogens with one attached hydrogen (secondary N) is 2. The third-order valence-corrected chi connectivity index (χ3v) is 7.23. The molecule has 1 aliphatic carbocycles. The van der Waals surface area contributed by atoms with Crippen LogP contribution >= 0.6 is 0 Å². The standard InChI is InChI=1S/C23H29FN2O4S/c1-16(18-5-9-20(24)10-6-18)25-23(27)19-7-11-21(12-8-19)26-31(28,29)22-13-3-17(4-14-22)15-30-2/h3-6,9-10,13-14,16,19,21,26H,7-8,11-12,15H2,1-2H3,(H,25,27)/t16-,19?,21?/m1/s1. The van der Waals surface area contributed by atoms with Crippen molar-refractivity contribution in [2.24, 2.45) is 5.92 Å². The first-order valence-electron chi connectivity index (χ1n) is 10.4. The van der Waals surface area contributed by atoms with E-state index in [4.69, 9.17) is 4.74 Å². The highest BCUT2D eigenvalue weighted by molar-refractivity contribution is 7.89. The molecule has 168 valence electrons. The molecule has 0 spiro atoms. The van der Waals surface area contributed by atoms with Crippen molar-refractivity contribution in [1.82, 2.24) is 10.0 Å². The molecule has 0 unspecified atom stereocenters. The number of carbonyl (C=O) groups excluding carboxylic acids is 1. The van der Waals surface area contributed by atoms with Crippen LogP contribution < -0.4 is 10.0 Å². The molecular weight excluding hydrogens is 419 g/mol. The lowest BCUT2D eigenvalue weighted by Crippen LogP contribution is -2.41. The number of carbonyl (C=O) groups is 1. The molecule has 31 heavy (non-hydrogen) atoms. The van der Waals surface area contributed by atoms with Crippen molar-refractivity contribution in [2.45, 2.75) is 56.2 Å². The van der Waals surface area contributed by atoms with E-state index in [9.17, 15) is 17.6 Å². The zero-order chi connectivity index (χ0) is 22.4. The minimum Gasteiger partial charge on any atom is -0.380 e. The van der Waals surface area contributed by atoms with E-state index in [0.717, 1.165) is 11.1 Å². The summed E-state index contributed by atoms with van der Waals surface area (Å²) < 4.78 is 46.2. The molecule has 8 heteroatoms. The normalized spacial score (nSPS) is 20.2. The summed E-state index contributed by atoms with van der Waals surface area (Å²) in [5.74, 6) is -0.516.